The molecule has 0 fully saturated rings. The molecule has 0 aliphatic rings. The van der Waals surface area contributed by atoms with Crippen LogP contribution in [0.2, 0.25) is 0 Å². The highest BCUT2D eigenvalue weighted by molar-refractivity contribution is 5.61. The van der Waals surface area contributed by atoms with Crippen molar-refractivity contribution in [2.24, 2.45) is 0 Å². The quantitative estimate of drug-likeness (QED) is 0.693. The normalized spacial score (nSPS) is 10.8. The number of anilines is 2. The third-order valence-electron chi connectivity index (χ3n) is 2.28. The first kappa shape index (κ1) is 13.7. The summed E-state index contributed by atoms with van der Waals surface area (Å²) in [6, 6.07) is 1.90. The molecule has 0 saturated carbocycles. The lowest BCUT2D eigenvalue weighted by Gasteiger charge is -2.11. The summed E-state index contributed by atoms with van der Waals surface area (Å²) in [5, 5.41) is 3.15. The highest BCUT2D eigenvalue weighted by Crippen LogP contribution is 2.14. The van der Waals surface area contributed by atoms with Crippen LogP contribution >= 0.6 is 0 Å². The number of nitrogens with one attached hydrogen (secondary N) is 1. The van der Waals surface area contributed by atoms with Crippen molar-refractivity contribution in [2.75, 3.05) is 51.4 Å². The number of rotatable bonds is 7. The molecule has 5 nitrogen and oxygen atoms in total. The third-order valence-corrected chi connectivity index (χ3v) is 2.28. The Bertz CT molecular complexity index is 341. The summed E-state index contributed by atoms with van der Waals surface area (Å²) in [7, 11) is 4.05. The average molecular weight is 238 g/mol. The Morgan fingerprint density at radius 1 is 1.41 bits per heavy atom. The van der Waals surface area contributed by atoms with Crippen LogP contribution in [0.3, 0.4) is 0 Å². The van der Waals surface area contributed by atoms with Crippen LogP contribution in [0.15, 0.2) is 12.3 Å². The molecule has 1 rings (SSSR count). The van der Waals surface area contributed by atoms with Crippen molar-refractivity contribution in [3.05, 3.63) is 17.8 Å². The van der Waals surface area contributed by atoms with Gasteiger partial charge >= 0.3 is 0 Å². The first-order valence-corrected chi connectivity index (χ1v) is 5.78. The second-order valence-corrected chi connectivity index (χ2v) is 4.29. The van der Waals surface area contributed by atoms with Crippen molar-refractivity contribution in [1.82, 2.24) is 9.88 Å². The molecule has 0 aliphatic heterocycles. The molecule has 0 aliphatic carbocycles. The topological polar surface area (TPSA) is 63.4 Å². The van der Waals surface area contributed by atoms with E-state index in [1.807, 2.05) is 27.1 Å². The van der Waals surface area contributed by atoms with Gasteiger partial charge in [0.05, 0.1) is 18.9 Å². The summed E-state index contributed by atoms with van der Waals surface area (Å²) >= 11 is 0. The van der Waals surface area contributed by atoms with E-state index < -0.39 is 0 Å². The van der Waals surface area contributed by atoms with Gasteiger partial charge < -0.3 is 20.7 Å². The van der Waals surface area contributed by atoms with Crippen molar-refractivity contribution >= 4 is 11.5 Å². The molecular formula is C12H22N4O. The maximum absolute atomic E-state index is 5.83. The summed E-state index contributed by atoms with van der Waals surface area (Å²) in [5.41, 5.74) is 7.57. The number of ether oxygens (including phenoxy) is 1. The van der Waals surface area contributed by atoms with Crippen molar-refractivity contribution in [1.29, 1.82) is 0 Å². The van der Waals surface area contributed by atoms with Crippen LogP contribution in [0.1, 0.15) is 5.56 Å². The van der Waals surface area contributed by atoms with Gasteiger partial charge in [0.2, 0.25) is 0 Å². The van der Waals surface area contributed by atoms with Gasteiger partial charge in [0.15, 0.2) is 0 Å². The molecule has 5 heteroatoms. The highest BCUT2D eigenvalue weighted by atomic mass is 16.5. The molecule has 1 heterocycles. The van der Waals surface area contributed by atoms with Gasteiger partial charge in [-0.25, -0.2) is 4.98 Å². The fourth-order valence-electron chi connectivity index (χ4n) is 1.33. The number of hydrogen-bond acceptors (Lipinski definition) is 5. The van der Waals surface area contributed by atoms with Crippen molar-refractivity contribution < 1.29 is 4.74 Å². The number of aryl methyl sites for hydroxylation is 1. The molecule has 0 amide bonds. The van der Waals surface area contributed by atoms with E-state index in [2.05, 4.69) is 15.2 Å². The molecular weight excluding hydrogens is 216 g/mol. The van der Waals surface area contributed by atoms with E-state index in [9.17, 15) is 0 Å². The first-order chi connectivity index (χ1) is 8.09. The molecule has 1 aromatic heterocycles. The van der Waals surface area contributed by atoms with Crippen LogP contribution in [-0.4, -0.2) is 50.3 Å². The second kappa shape index (κ2) is 7.09. The lowest BCUT2D eigenvalue weighted by Crippen LogP contribution is -2.20. The third kappa shape index (κ3) is 5.51. The fraction of sp³-hybridized carbons (Fsp3) is 0.583. The van der Waals surface area contributed by atoms with Crippen LogP contribution in [-0.2, 0) is 4.74 Å². The number of nitrogens with zero attached hydrogens (tertiary/aromatic N) is 2. The Hall–Kier alpha value is -1.33. The predicted octanol–water partition coefficient (Wildman–Crippen LogP) is 0.962. The monoisotopic (exact) mass is 238 g/mol. The minimum atomic E-state index is 0.656. The van der Waals surface area contributed by atoms with Gasteiger partial charge in [-0.3, -0.25) is 0 Å². The van der Waals surface area contributed by atoms with Crippen LogP contribution in [0.4, 0.5) is 11.5 Å². The molecule has 0 spiro atoms. The molecule has 0 saturated heterocycles. The summed E-state index contributed by atoms with van der Waals surface area (Å²) in [4.78, 5) is 6.31. The maximum atomic E-state index is 5.83. The SMILES string of the molecule is Cc1cnc(NCCOCCN(C)C)c(N)c1. The standard InChI is InChI=1S/C12H22N4O/c1-10-8-11(13)12(15-9-10)14-4-6-17-7-5-16(2)3/h8-9H,4-7,13H2,1-3H3,(H,14,15). The Balaban J connectivity index is 2.18. The Morgan fingerprint density at radius 2 is 2.18 bits per heavy atom. The van der Waals surface area contributed by atoms with E-state index in [1.165, 1.54) is 0 Å². The summed E-state index contributed by atoms with van der Waals surface area (Å²) in [6.45, 7) is 5.02. The van der Waals surface area contributed by atoms with Crippen molar-refractivity contribution in [3.63, 3.8) is 0 Å². The molecule has 0 aromatic carbocycles. The van der Waals surface area contributed by atoms with Gasteiger partial charge in [0.25, 0.3) is 0 Å². The maximum Gasteiger partial charge on any atom is 0.149 e. The van der Waals surface area contributed by atoms with Gasteiger partial charge in [-0.05, 0) is 32.6 Å². The number of aromatic nitrogens is 1. The van der Waals surface area contributed by atoms with Gasteiger partial charge in [0.1, 0.15) is 5.82 Å². The van der Waals surface area contributed by atoms with Gasteiger partial charge in [-0.2, -0.15) is 0 Å². The van der Waals surface area contributed by atoms with Crippen LogP contribution in [0, 0.1) is 6.92 Å². The van der Waals surface area contributed by atoms with E-state index in [0.29, 0.717) is 18.8 Å². The zero-order valence-corrected chi connectivity index (χ0v) is 10.9. The smallest absolute Gasteiger partial charge is 0.149 e. The lowest BCUT2D eigenvalue weighted by molar-refractivity contribution is 0.126. The predicted molar refractivity (Wildman–Crippen MR) is 71.2 cm³/mol. The zero-order valence-electron chi connectivity index (χ0n) is 10.9. The van der Waals surface area contributed by atoms with Crippen molar-refractivity contribution in [3.8, 4) is 0 Å². The van der Waals surface area contributed by atoms with Crippen molar-refractivity contribution in [2.45, 2.75) is 6.92 Å². The van der Waals surface area contributed by atoms with E-state index in [-0.39, 0.29) is 0 Å². The molecule has 17 heavy (non-hydrogen) atoms. The first-order valence-electron chi connectivity index (χ1n) is 5.78. The van der Waals surface area contributed by atoms with Crippen LogP contribution in [0.5, 0.6) is 0 Å². The van der Waals surface area contributed by atoms with Gasteiger partial charge in [-0.1, -0.05) is 0 Å². The Kier molecular flexibility index (Phi) is 5.72. The molecule has 0 bridgehead atoms. The highest BCUT2D eigenvalue weighted by Gasteiger charge is 1.99. The Labute approximate surface area is 103 Å². The van der Waals surface area contributed by atoms with Gasteiger partial charge in [-0.15, -0.1) is 0 Å². The van der Waals surface area contributed by atoms with Crippen LogP contribution in [0.25, 0.3) is 0 Å². The summed E-state index contributed by atoms with van der Waals surface area (Å²) < 4.78 is 5.46. The second-order valence-electron chi connectivity index (χ2n) is 4.29. The number of hydrogen-bond donors (Lipinski definition) is 2. The van der Waals surface area contributed by atoms with E-state index in [0.717, 1.165) is 24.5 Å². The molecule has 0 atom stereocenters. The zero-order chi connectivity index (χ0) is 12.7. The number of pyridine rings is 1. The number of nitrogens with two attached hydrogens (primary N) is 1. The van der Waals surface area contributed by atoms with Crippen LogP contribution < -0.4 is 11.1 Å². The minimum Gasteiger partial charge on any atom is -0.396 e. The summed E-state index contributed by atoms with van der Waals surface area (Å²) in [5.74, 6) is 0.729. The molecule has 0 radical (unpaired) electrons. The average Bonchev–Trinajstić information content (AvgIpc) is 2.25. The van der Waals surface area contributed by atoms with E-state index in [1.54, 1.807) is 6.20 Å². The molecule has 0 unspecified atom stereocenters. The fourth-order valence-corrected chi connectivity index (χ4v) is 1.33. The molecule has 3 N–H and O–H groups in total. The number of likely N-dealkylation sites (N-methyl/N-ethyl adjacent to an activating group) is 1. The molecule has 96 valence electrons. The summed E-state index contributed by atoms with van der Waals surface area (Å²) in [6.07, 6.45) is 1.80. The lowest BCUT2D eigenvalue weighted by atomic mass is 10.3. The molecule has 1 aromatic rings. The van der Waals surface area contributed by atoms with E-state index >= 15 is 0 Å². The minimum absolute atomic E-state index is 0.656. The van der Waals surface area contributed by atoms with Gasteiger partial charge in [0, 0.05) is 19.3 Å². The largest absolute Gasteiger partial charge is 0.396 e. The Morgan fingerprint density at radius 3 is 2.82 bits per heavy atom. The van der Waals surface area contributed by atoms with E-state index in [4.69, 9.17) is 10.5 Å². The number of nitrogen functional groups attached to an aromatic ring is 1.